The second-order valence-corrected chi connectivity index (χ2v) is 5.63. The SMILES string of the molecule is CCc1nccn1CCNS(=O)(=O)N(CC)CC. The maximum absolute atomic E-state index is 11.9. The summed E-state index contributed by atoms with van der Waals surface area (Å²) in [5.41, 5.74) is 0. The lowest BCUT2D eigenvalue weighted by atomic mass is 10.4. The molecule has 0 saturated carbocycles. The second kappa shape index (κ2) is 6.86. The molecule has 0 aliphatic rings. The minimum atomic E-state index is -3.35. The third-order valence-corrected chi connectivity index (χ3v) is 4.57. The Hall–Kier alpha value is -0.920. The van der Waals surface area contributed by atoms with E-state index >= 15 is 0 Å². The molecule has 0 amide bonds. The molecule has 1 rings (SSSR count). The summed E-state index contributed by atoms with van der Waals surface area (Å²) >= 11 is 0. The number of nitrogens with one attached hydrogen (secondary N) is 1. The third kappa shape index (κ3) is 3.79. The molecule has 7 heteroatoms. The number of aryl methyl sites for hydroxylation is 1. The summed E-state index contributed by atoms with van der Waals surface area (Å²) < 4.78 is 29.7. The first-order chi connectivity index (χ1) is 8.55. The Labute approximate surface area is 109 Å². The molecule has 6 nitrogen and oxygen atoms in total. The fourth-order valence-electron chi connectivity index (χ4n) is 1.81. The first kappa shape index (κ1) is 15.1. The molecule has 0 atom stereocenters. The molecule has 0 aliphatic carbocycles. The Morgan fingerprint density at radius 2 is 2.00 bits per heavy atom. The van der Waals surface area contributed by atoms with Crippen LogP contribution in [0.3, 0.4) is 0 Å². The molecule has 0 radical (unpaired) electrons. The molecule has 0 aromatic carbocycles. The van der Waals surface area contributed by atoms with Crippen LogP contribution in [0.5, 0.6) is 0 Å². The van der Waals surface area contributed by atoms with E-state index in [2.05, 4.69) is 9.71 Å². The van der Waals surface area contributed by atoms with E-state index in [1.54, 1.807) is 6.20 Å². The van der Waals surface area contributed by atoms with Crippen molar-refractivity contribution in [3.8, 4) is 0 Å². The van der Waals surface area contributed by atoms with Crippen molar-refractivity contribution in [2.75, 3.05) is 19.6 Å². The Balaban J connectivity index is 2.51. The molecule has 0 spiro atoms. The summed E-state index contributed by atoms with van der Waals surface area (Å²) in [5.74, 6) is 0.969. The summed E-state index contributed by atoms with van der Waals surface area (Å²) in [6.07, 6.45) is 4.44. The largest absolute Gasteiger partial charge is 0.334 e. The average molecular weight is 274 g/mol. The predicted octanol–water partition coefficient (Wildman–Crippen LogP) is 0.622. The summed E-state index contributed by atoms with van der Waals surface area (Å²) in [5, 5.41) is 0. The van der Waals surface area contributed by atoms with Crippen LogP contribution in [0.4, 0.5) is 0 Å². The highest BCUT2D eigenvalue weighted by Crippen LogP contribution is 1.99. The second-order valence-electron chi connectivity index (χ2n) is 3.87. The van der Waals surface area contributed by atoms with Crippen LogP contribution < -0.4 is 4.72 Å². The zero-order chi connectivity index (χ0) is 13.6. The van der Waals surface area contributed by atoms with Gasteiger partial charge in [-0.2, -0.15) is 12.7 Å². The summed E-state index contributed by atoms with van der Waals surface area (Å²) in [6.45, 7) is 7.63. The van der Waals surface area contributed by atoms with Crippen LogP contribution in [0.1, 0.15) is 26.6 Å². The van der Waals surface area contributed by atoms with Gasteiger partial charge in [0.15, 0.2) is 0 Å². The average Bonchev–Trinajstić information content (AvgIpc) is 2.77. The molecule has 0 fully saturated rings. The van der Waals surface area contributed by atoms with Gasteiger partial charge < -0.3 is 4.57 Å². The van der Waals surface area contributed by atoms with Crippen molar-refractivity contribution in [1.82, 2.24) is 18.6 Å². The van der Waals surface area contributed by atoms with Gasteiger partial charge in [0.1, 0.15) is 5.82 Å². The molecule has 104 valence electrons. The fraction of sp³-hybridized carbons (Fsp3) is 0.727. The van der Waals surface area contributed by atoms with Gasteiger partial charge in [-0.1, -0.05) is 20.8 Å². The van der Waals surface area contributed by atoms with E-state index in [0.717, 1.165) is 12.2 Å². The smallest absolute Gasteiger partial charge is 0.279 e. The molecule has 0 saturated heterocycles. The van der Waals surface area contributed by atoms with Gasteiger partial charge in [-0.05, 0) is 0 Å². The van der Waals surface area contributed by atoms with Crippen LogP contribution in [0, 0.1) is 0 Å². The zero-order valence-electron chi connectivity index (χ0n) is 11.3. The van der Waals surface area contributed by atoms with Gasteiger partial charge in [-0.25, -0.2) is 9.71 Å². The van der Waals surface area contributed by atoms with Crippen LogP contribution >= 0.6 is 0 Å². The van der Waals surface area contributed by atoms with E-state index < -0.39 is 10.2 Å². The van der Waals surface area contributed by atoms with Crippen molar-refractivity contribution in [2.24, 2.45) is 0 Å². The first-order valence-electron chi connectivity index (χ1n) is 6.29. The van der Waals surface area contributed by atoms with Crippen molar-refractivity contribution in [3.05, 3.63) is 18.2 Å². The highest BCUT2D eigenvalue weighted by atomic mass is 32.2. The molecule has 0 unspecified atom stereocenters. The highest BCUT2D eigenvalue weighted by Gasteiger charge is 2.17. The van der Waals surface area contributed by atoms with E-state index in [1.807, 2.05) is 31.5 Å². The highest BCUT2D eigenvalue weighted by molar-refractivity contribution is 7.87. The topological polar surface area (TPSA) is 67.2 Å². The predicted molar refractivity (Wildman–Crippen MR) is 71.4 cm³/mol. The standard InChI is InChI=1S/C11H22N4O2S/c1-4-11-12-7-9-14(11)10-8-13-18(16,17)15(5-2)6-3/h7,9,13H,4-6,8,10H2,1-3H3. The van der Waals surface area contributed by atoms with Crippen LogP contribution in [0.25, 0.3) is 0 Å². The summed E-state index contributed by atoms with van der Waals surface area (Å²) in [6, 6.07) is 0. The third-order valence-electron chi connectivity index (χ3n) is 2.80. The van der Waals surface area contributed by atoms with Gasteiger partial charge in [-0.3, -0.25) is 0 Å². The number of hydrogen-bond donors (Lipinski definition) is 1. The van der Waals surface area contributed by atoms with Gasteiger partial charge in [0, 0.05) is 45.0 Å². The Bertz CT molecular complexity index is 451. The quantitative estimate of drug-likeness (QED) is 0.756. The van der Waals surface area contributed by atoms with Crippen LogP contribution in [0.15, 0.2) is 12.4 Å². The monoisotopic (exact) mass is 274 g/mol. The first-order valence-corrected chi connectivity index (χ1v) is 7.73. The van der Waals surface area contributed by atoms with Gasteiger partial charge in [0.05, 0.1) is 0 Å². The Morgan fingerprint density at radius 3 is 2.56 bits per heavy atom. The van der Waals surface area contributed by atoms with Gasteiger partial charge in [-0.15, -0.1) is 0 Å². The van der Waals surface area contributed by atoms with E-state index in [9.17, 15) is 8.42 Å². The molecule has 18 heavy (non-hydrogen) atoms. The maximum Gasteiger partial charge on any atom is 0.279 e. The number of rotatable bonds is 8. The maximum atomic E-state index is 11.9. The molecule has 1 aromatic heterocycles. The molecule has 1 heterocycles. The molecule has 0 bridgehead atoms. The van der Waals surface area contributed by atoms with E-state index in [1.165, 1.54) is 4.31 Å². The summed E-state index contributed by atoms with van der Waals surface area (Å²) in [4.78, 5) is 4.19. The Kier molecular flexibility index (Phi) is 5.77. The lowest BCUT2D eigenvalue weighted by Gasteiger charge is -2.19. The van der Waals surface area contributed by atoms with E-state index in [-0.39, 0.29) is 0 Å². The molecular weight excluding hydrogens is 252 g/mol. The lowest BCUT2D eigenvalue weighted by molar-refractivity contribution is 0.433. The number of hydrogen-bond acceptors (Lipinski definition) is 3. The number of nitrogens with zero attached hydrogens (tertiary/aromatic N) is 3. The van der Waals surface area contributed by atoms with Gasteiger partial charge in [0.25, 0.3) is 10.2 Å². The minimum absolute atomic E-state index is 0.377. The van der Waals surface area contributed by atoms with Crippen LogP contribution in [-0.2, 0) is 23.2 Å². The summed E-state index contributed by atoms with van der Waals surface area (Å²) in [7, 11) is -3.35. The van der Waals surface area contributed by atoms with Gasteiger partial charge in [0.2, 0.25) is 0 Å². The van der Waals surface area contributed by atoms with Crippen LogP contribution in [-0.4, -0.2) is 41.9 Å². The van der Waals surface area contributed by atoms with Crippen molar-refractivity contribution < 1.29 is 8.42 Å². The van der Waals surface area contributed by atoms with Crippen molar-refractivity contribution in [1.29, 1.82) is 0 Å². The minimum Gasteiger partial charge on any atom is -0.334 e. The van der Waals surface area contributed by atoms with E-state index in [0.29, 0.717) is 26.2 Å². The number of aromatic nitrogens is 2. The van der Waals surface area contributed by atoms with Crippen molar-refractivity contribution >= 4 is 10.2 Å². The number of imidazole rings is 1. The van der Waals surface area contributed by atoms with E-state index in [4.69, 9.17) is 0 Å². The van der Waals surface area contributed by atoms with Gasteiger partial charge >= 0.3 is 0 Å². The molecule has 1 aromatic rings. The van der Waals surface area contributed by atoms with Crippen molar-refractivity contribution in [2.45, 2.75) is 33.7 Å². The fourth-order valence-corrected chi connectivity index (χ4v) is 3.02. The lowest BCUT2D eigenvalue weighted by Crippen LogP contribution is -2.41. The molecular formula is C11H22N4O2S. The van der Waals surface area contributed by atoms with Crippen LogP contribution in [0.2, 0.25) is 0 Å². The molecule has 1 N–H and O–H groups in total. The Morgan fingerprint density at radius 1 is 1.33 bits per heavy atom. The molecule has 0 aliphatic heterocycles. The normalized spacial score (nSPS) is 12.2. The van der Waals surface area contributed by atoms with Crippen molar-refractivity contribution in [3.63, 3.8) is 0 Å². The zero-order valence-corrected chi connectivity index (χ0v) is 12.1.